The van der Waals surface area contributed by atoms with Crippen molar-refractivity contribution in [2.45, 2.75) is 0 Å². The minimum atomic E-state index is 0.890. The number of fused-ring (bicyclic) bond motifs is 5. The van der Waals surface area contributed by atoms with Crippen molar-refractivity contribution in [1.82, 2.24) is 0 Å². The van der Waals surface area contributed by atoms with Crippen LogP contribution in [0.25, 0.3) is 76.9 Å². The molecule has 0 radical (unpaired) electrons. The molecular formula is C50H33NO. The molecule has 0 aliphatic carbocycles. The molecule has 9 aromatic carbocycles. The number of hydrogen-bond acceptors (Lipinski definition) is 2. The van der Waals surface area contributed by atoms with E-state index in [1.807, 2.05) is 0 Å². The molecule has 0 aliphatic rings. The molecule has 2 heteroatoms. The lowest BCUT2D eigenvalue weighted by molar-refractivity contribution is 0.669. The Morgan fingerprint density at radius 2 is 0.885 bits per heavy atom. The maximum absolute atomic E-state index is 6.52. The van der Waals surface area contributed by atoms with Crippen LogP contribution in [0.1, 0.15) is 0 Å². The molecule has 244 valence electrons. The predicted octanol–water partition coefficient (Wildman–Crippen LogP) is 14.4. The van der Waals surface area contributed by atoms with Gasteiger partial charge >= 0.3 is 0 Å². The van der Waals surface area contributed by atoms with E-state index in [0.29, 0.717) is 0 Å². The van der Waals surface area contributed by atoms with E-state index in [9.17, 15) is 0 Å². The Morgan fingerprint density at radius 1 is 0.288 bits per heavy atom. The van der Waals surface area contributed by atoms with Gasteiger partial charge in [-0.2, -0.15) is 0 Å². The van der Waals surface area contributed by atoms with E-state index in [-0.39, 0.29) is 0 Å². The number of hydrogen-bond donors (Lipinski definition) is 0. The van der Waals surface area contributed by atoms with E-state index < -0.39 is 0 Å². The minimum Gasteiger partial charge on any atom is -0.456 e. The van der Waals surface area contributed by atoms with E-state index in [4.69, 9.17) is 4.42 Å². The highest BCUT2D eigenvalue weighted by Gasteiger charge is 2.18. The van der Waals surface area contributed by atoms with Gasteiger partial charge in [0, 0.05) is 27.8 Å². The first-order valence-electron chi connectivity index (χ1n) is 17.7. The lowest BCUT2D eigenvalue weighted by Crippen LogP contribution is -2.10. The molecule has 0 unspecified atom stereocenters. The molecule has 52 heavy (non-hydrogen) atoms. The topological polar surface area (TPSA) is 16.4 Å². The monoisotopic (exact) mass is 663 g/mol. The summed E-state index contributed by atoms with van der Waals surface area (Å²) in [5, 5.41) is 7.09. The average molecular weight is 664 g/mol. The second-order valence-electron chi connectivity index (χ2n) is 13.4. The summed E-state index contributed by atoms with van der Waals surface area (Å²) in [6.45, 7) is 0. The predicted molar refractivity (Wildman–Crippen MR) is 220 cm³/mol. The summed E-state index contributed by atoms with van der Waals surface area (Å²) in [5.74, 6) is 0. The highest BCUT2D eigenvalue weighted by molar-refractivity contribution is 6.11. The summed E-state index contributed by atoms with van der Waals surface area (Å²) in [5.41, 5.74) is 12.0. The number of anilines is 3. The molecule has 0 N–H and O–H groups in total. The minimum absolute atomic E-state index is 0.890. The van der Waals surface area contributed by atoms with Crippen LogP contribution in [0.3, 0.4) is 0 Å². The number of rotatable bonds is 6. The maximum Gasteiger partial charge on any atom is 0.136 e. The van der Waals surface area contributed by atoms with Crippen molar-refractivity contribution in [3.8, 4) is 33.4 Å². The van der Waals surface area contributed by atoms with Gasteiger partial charge in [0.15, 0.2) is 0 Å². The molecule has 2 nitrogen and oxygen atoms in total. The van der Waals surface area contributed by atoms with E-state index in [2.05, 4.69) is 205 Å². The number of benzene rings is 9. The van der Waals surface area contributed by atoms with Gasteiger partial charge in [0.1, 0.15) is 11.2 Å². The first kappa shape index (κ1) is 30.0. The zero-order valence-corrected chi connectivity index (χ0v) is 28.4. The van der Waals surface area contributed by atoms with Crippen LogP contribution in [0.5, 0.6) is 0 Å². The Labute approximate surface area is 302 Å². The molecule has 0 saturated heterocycles. The molecule has 1 heterocycles. The van der Waals surface area contributed by atoms with Crippen LogP contribution in [0.2, 0.25) is 0 Å². The van der Waals surface area contributed by atoms with Crippen LogP contribution in [0.4, 0.5) is 17.1 Å². The Bertz CT molecular complexity index is 2910. The van der Waals surface area contributed by atoms with E-state index in [0.717, 1.165) is 61.3 Å². The molecule has 0 spiro atoms. The van der Waals surface area contributed by atoms with Crippen LogP contribution in [0, 0.1) is 0 Å². The largest absolute Gasteiger partial charge is 0.456 e. The van der Waals surface area contributed by atoms with Gasteiger partial charge in [-0.15, -0.1) is 0 Å². The van der Waals surface area contributed by atoms with Gasteiger partial charge in [-0.3, -0.25) is 0 Å². The maximum atomic E-state index is 6.52. The summed E-state index contributed by atoms with van der Waals surface area (Å²) >= 11 is 0. The number of nitrogens with zero attached hydrogens (tertiary/aromatic N) is 1. The third kappa shape index (κ3) is 5.30. The second-order valence-corrected chi connectivity index (χ2v) is 13.4. The standard InChI is InChI=1S/C50H33NO/c1-3-12-34(13-4-1)38-20-11-21-42(28-38)51(43-24-22-35-14-7-8-17-37(35)29-43)44-25-27-45(47(33-44)36-15-5-2-6-16-36)41-23-26-46-48-30-39-18-9-10-19-40(39)31-50(48)52-49(46)32-41/h1-33H. The van der Waals surface area contributed by atoms with Crippen molar-refractivity contribution < 1.29 is 4.42 Å². The van der Waals surface area contributed by atoms with Crippen molar-refractivity contribution in [1.29, 1.82) is 0 Å². The summed E-state index contributed by atoms with van der Waals surface area (Å²) in [6, 6.07) is 71.8. The zero-order chi connectivity index (χ0) is 34.4. The Balaban J connectivity index is 1.16. The molecule has 0 aliphatic heterocycles. The molecule has 0 saturated carbocycles. The second kappa shape index (κ2) is 12.5. The number of furan rings is 1. The van der Waals surface area contributed by atoms with E-state index in [1.165, 1.54) is 32.7 Å². The quantitative estimate of drug-likeness (QED) is 0.176. The first-order valence-corrected chi connectivity index (χ1v) is 17.7. The summed E-state index contributed by atoms with van der Waals surface area (Å²) in [7, 11) is 0. The fourth-order valence-electron chi connectivity index (χ4n) is 7.63. The third-order valence-corrected chi connectivity index (χ3v) is 10.2. The van der Waals surface area contributed by atoms with Crippen LogP contribution in [-0.2, 0) is 0 Å². The van der Waals surface area contributed by atoms with Crippen LogP contribution >= 0.6 is 0 Å². The fraction of sp³-hybridized carbons (Fsp3) is 0. The van der Waals surface area contributed by atoms with Gasteiger partial charge in [-0.05, 0) is 116 Å². The van der Waals surface area contributed by atoms with Crippen molar-refractivity contribution in [2.75, 3.05) is 4.90 Å². The van der Waals surface area contributed by atoms with Crippen molar-refractivity contribution in [2.24, 2.45) is 0 Å². The van der Waals surface area contributed by atoms with Crippen molar-refractivity contribution >= 4 is 60.5 Å². The third-order valence-electron chi connectivity index (χ3n) is 10.2. The summed E-state index contributed by atoms with van der Waals surface area (Å²) in [4.78, 5) is 2.38. The summed E-state index contributed by atoms with van der Waals surface area (Å²) < 4.78 is 6.52. The molecule has 10 rings (SSSR count). The lowest BCUT2D eigenvalue weighted by atomic mass is 9.93. The lowest BCUT2D eigenvalue weighted by Gasteiger charge is -2.27. The molecule has 0 bridgehead atoms. The van der Waals surface area contributed by atoms with Gasteiger partial charge in [-0.1, -0.05) is 140 Å². The Kier molecular flexibility index (Phi) is 7.18. The molecular weight excluding hydrogens is 631 g/mol. The Morgan fingerprint density at radius 3 is 1.67 bits per heavy atom. The first-order chi connectivity index (χ1) is 25.7. The van der Waals surface area contributed by atoms with Gasteiger partial charge < -0.3 is 9.32 Å². The Hall–Kier alpha value is -6.90. The van der Waals surface area contributed by atoms with Crippen LogP contribution < -0.4 is 4.90 Å². The molecule has 0 atom stereocenters. The molecule has 0 fully saturated rings. The molecule has 1 aromatic heterocycles. The summed E-state index contributed by atoms with van der Waals surface area (Å²) in [6.07, 6.45) is 0. The van der Waals surface area contributed by atoms with Crippen molar-refractivity contribution in [3.05, 3.63) is 200 Å². The normalized spacial score (nSPS) is 11.5. The van der Waals surface area contributed by atoms with E-state index >= 15 is 0 Å². The smallest absolute Gasteiger partial charge is 0.136 e. The highest BCUT2D eigenvalue weighted by Crippen LogP contribution is 2.43. The molecule has 0 amide bonds. The zero-order valence-electron chi connectivity index (χ0n) is 28.4. The van der Waals surface area contributed by atoms with Gasteiger partial charge in [0.25, 0.3) is 0 Å². The van der Waals surface area contributed by atoms with Gasteiger partial charge in [-0.25, -0.2) is 0 Å². The van der Waals surface area contributed by atoms with Crippen LogP contribution in [-0.4, -0.2) is 0 Å². The highest BCUT2D eigenvalue weighted by atomic mass is 16.3. The van der Waals surface area contributed by atoms with Crippen LogP contribution in [0.15, 0.2) is 205 Å². The fourth-order valence-corrected chi connectivity index (χ4v) is 7.63. The van der Waals surface area contributed by atoms with Crippen molar-refractivity contribution in [3.63, 3.8) is 0 Å². The van der Waals surface area contributed by atoms with Gasteiger partial charge in [0.05, 0.1) is 0 Å². The molecule has 10 aromatic rings. The average Bonchev–Trinajstić information content (AvgIpc) is 3.57. The SMILES string of the molecule is c1ccc(-c2cccc(N(c3ccc(-c4ccc5c(c4)oc4cc6ccccc6cc45)c(-c4ccccc4)c3)c3ccc4ccccc4c3)c2)cc1. The van der Waals surface area contributed by atoms with Gasteiger partial charge in [0.2, 0.25) is 0 Å². The van der Waals surface area contributed by atoms with E-state index in [1.54, 1.807) is 0 Å².